The number of rotatable bonds is 3. The van der Waals surface area contributed by atoms with E-state index in [0.717, 1.165) is 31.3 Å². The van der Waals surface area contributed by atoms with Gasteiger partial charge in [-0.25, -0.2) is 4.98 Å². The van der Waals surface area contributed by atoms with Crippen LogP contribution in [0.3, 0.4) is 0 Å². The van der Waals surface area contributed by atoms with Gasteiger partial charge in [-0.2, -0.15) is 0 Å². The molecule has 0 fully saturated rings. The molecule has 3 aromatic rings. The fraction of sp³-hybridized carbons (Fsp3) is 0.133. The van der Waals surface area contributed by atoms with Crippen LogP contribution >= 0.6 is 47.8 Å². The van der Waals surface area contributed by atoms with Crippen molar-refractivity contribution >= 4 is 58.7 Å². The van der Waals surface area contributed by atoms with Crippen LogP contribution in [0.15, 0.2) is 44.1 Å². The summed E-state index contributed by atoms with van der Waals surface area (Å²) >= 11 is 10.6. The SMILES string of the molecule is COc1cccc(Cn2c(Br)c(Br)c3c(O)cnc(Br)c32)c1. The van der Waals surface area contributed by atoms with E-state index in [9.17, 15) is 5.11 Å². The first-order valence-electron chi connectivity index (χ1n) is 6.36. The van der Waals surface area contributed by atoms with Gasteiger partial charge in [0.2, 0.25) is 0 Å². The van der Waals surface area contributed by atoms with Crippen molar-refractivity contribution in [1.82, 2.24) is 9.55 Å². The molecular formula is C15H11Br3N2O2. The Labute approximate surface area is 152 Å². The number of aromatic nitrogens is 2. The zero-order valence-corrected chi connectivity index (χ0v) is 16.2. The molecule has 0 saturated carbocycles. The van der Waals surface area contributed by atoms with E-state index in [1.807, 2.05) is 28.8 Å². The number of hydrogen-bond donors (Lipinski definition) is 1. The summed E-state index contributed by atoms with van der Waals surface area (Å²) in [5.41, 5.74) is 1.90. The molecule has 0 radical (unpaired) electrons. The number of methoxy groups -OCH3 is 1. The van der Waals surface area contributed by atoms with Gasteiger partial charge in [0.05, 0.1) is 28.7 Å². The van der Waals surface area contributed by atoms with Crippen LogP contribution in [0.5, 0.6) is 11.5 Å². The number of nitrogens with zero attached hydrogens (tertiary/aromatic N) is 2. The lowest BCUT2D eigenvalue weighted by Gasteiger charge is -2.10. The van der Waals surface area contributed by atoms with Crippen molar-refractivity contribution in [3.8, 4) is 11.5 Å². The first-order chi connectivity index (χ1) is 10.5. The third-order valence-electron chi connectivity index (χ3n) is 3.37. The second-order valence-electron chi connectivity index (χ2n) is 4.70. The number of benzene rings is 1. The van der Waals surface area contributed by atoms with E-state index >= 15 is 0 Å². The molecule has 2 heterocycles. The van der Waals surface area contributed by atoms with E-state index < -0.39 is 0 Å². The molecule has 0 unspecified atom stereocenters. The van der Waals surface area contributed by atoms with Gasteiger partial charge in [0, 0.05) is 6.54 Å². The van der Waals surface area contributed by atoms with Crippen LogP contribution in [-0.2, 0) is 6.54 Å². The van der Waals surface area contributed by atoms with Crippen LogP contribution in [0, 0.1) is 0 Å². The first-order valence-corrected chi connectivity index (χ1v) is 8.74. The van der Waals surface area contributed by atoms with Crippen LogP contribution in [-0.4, -0.2) is 21.8 Å². The van der Waals surface area contributed by atoms with Gasteiger partial charge in [-0.1, -0.05) is 12.1 Å². The van der Waals surface area contributed by atoms with Gasteiger partial charge >= 0.3 is 0 Å². The average molecular weight is 491 g/mol. The number of ether oxygens (including phenoxy) is 1. The van der Waals surface area contributed by atoms with E-state index in [0.29, 0.717) is 11.1 Å². The molecule has 2 aromatic heterocycles. The minimum absolute atomic E-state index is 0.134. The van der Waals surface area contributed by atoms with Crippen molar-refractivity contribution in [1.29, 1.82) is 0 Å². The molecule has 0 bridgehead atoms. The summed E-state index contributed by atoms with van der Waals surface area (Å²) < 4.78 is 9.61. The Bertz CT molecular complexity index is 862. The van der Waals surface area contributed by atoms with Gasteiger partial charge in [0.1, 0.15) is 20.7 Å². The molecule has 1 aromatic carbocycles. The van der Waals surface area contributed by atoms with E-state index in [2.05, 4.69) is 52.8 Å². The molecule has 4 nitrogen and oxygen atoms in total. The summed E-state index contributed by atoms with van der Waals surface area (Å²) in [7, 11) is 1.65. The van der Waals surface area contributed by atoms with Gasteiger partial charge in [0.25, 0.3) is 0 Å². The molecule has 0 atom stereocenters. The molecule has 22 heavy (non-hydrogen) atoms. The molecule has 7 heteroatoms. The smallest absolute Gasteiger partial charge is 0.144 e. The van der Waals surface area contributed by atoms with Crippen LogP contribution in [0.1, 0.15) is 5.56 Å². The van der Waals surface area contributed by atoms with Crippen molar-refractivity contribution in [2.75, 3.05) is 7.11 Å². The maximum absolute atomic E-state index is 10.1. The van der Waals surface area contributed by atoms with Gasteiger partial charge in [-0.3, -0.25) is 0 Å². The topological polar surface area (TPSA) is 47.3 Å². The predicted molar refractivity (Wildman–Crippen MR) is 96.6 cm³/mol. The van der Waals surface area contributed by atoms with Crippen LogP contribution in [0.2, 0.25) is 0 Å². The van der Waals surface area contributed by atoms with Gasteiger partial charge in [-0.05, 0) is 65.5 Å². The van der Waals surface area contributed by atoms with Crippen molar-refractivity contribution in [3.63, 3.8) is 0 Å². The lowest BCUT2D eigenvalue weighted by atomic mass is 10.2. The molecule has 3 rings (SSSR count). The fourth-order valence-corrected chi connectivity index (χ4v) is 3.97. The molecule has 114 valence electrons. The fourth-order valence-electron chi connectivity index (χ4n) is 2.35. The maximum Gasteiger partial charge on any atom is 0.144 e. The number of aromatic hydroxyl groups is 1. The largest absolute Gasteiger partial charge is 0.506 e. The van der Waals surface area contributed by atoms with Gasteiger partial charge in [0.15, 0.2) is 0 Å². The molecule has 0 aliphatic carbocycles. The molecule has 0 spiro atoms. The summed E-state index contributed by atoms with van der Waals surface area (Å²) in [6.07, 6.45) is 1.43. The number of pyridine rings is 1. The second-order valence-corrected chi connectivity index (χ2v) is 7.00. The van der Waals surface area contributed by atoms with E-state index in [1.165, 1.54) is 6.20 Å². The molecule has 0 amide bonds. The predicted octanol–water partition coefficient (Wildman–Crippen LogP) is 5.09. The highest BCUT2D eigenvalue weighted by Gasteiger charge is 2.19. The Morgan fingerprint density at radius 1 is 1.27 bits per heavy atom. The average Bonchev–Trinajstić information content (AvgIpc) is 2.77. The maximum atomic E-state index is 10.1. The summed E-state index contributed by atoms with van der Waals surface area (Å²) in [6.45, 7) is 0.615. The normalized spacial score (nSPS) is 11.1. The highest BCUT2D eigenvalue weighted by atomic mass is 79.9. The van der Waals surface area contributed by atoms with E-state index in [-0.39, 0.29) is 5.75 Å². The molecule has 0 saturated heterocycles. The Morgan fingerprint density at radius 2 is 2.05 bits per heavy atom. The lowest BCUT2D eigenvalue weighted by molar-refractivity contribution is 0.414. The number of halogens is 3. The van der Waals surface area contributed by atoms with Crippen molar-refractivity contribution < 1.29 is 9.84 Å². The zero-order valence-electron chi connectivity index (χ0n) is 11.5. The first kappa shape index (κ1) is 15.8. The molecule has 0 aliphatic rings. The quantitative estimate of drug-likeness (QED) is 0.520. The van der Waals surface area contributed by atoms with Crippen molar-refractivity contribution in [2.24, 2.45) is 0 Å². The molecule has 0 aliphatic heterocycles. The number of hydrogen-bond acceptors (Lipinski definition) is 3. The lowest BCUT2D eigenvalue weighted by Crippen LogP contribution is -2.01. The van der Waals surface area contributed by atoms with E-state index in [1.54, 1.807) is 7.11 Å². The van der Waals surface area contributed by atoms with Gasteiger partial charge < -0.3 is 14.4 Å². The third kappa shape index (κ3) is 2.66. The molecular weight excluding hydrogens is 480 g/mol. The Balaban J connectivity index is 2.18. The minimum atomic E-state index is 0.134. The van der Waals surface area contributed by atoms with E-state index in [4.69, 9.17) is 4.74 Å². The second kappa shape index (κ2) is 6.22. The Hall–Kier alpha value is -1.05. The van der Waals surface area contributed by atoms with Gasteiger partial charge in [-0.15, -0.1) is 0 Å². The summed E-state index contributed by atoms with van der Waals surface area (Å²) in [5, 5.41) is 10.8. The highest BCUT2D eigenvalue weighted by Crippen LogP contribution is 2.42. The van der Waals surface area contributed by atoms with Crippen LogP contribution in [0.25, 0.3) is 10.9 Å². The van der Waals surface area contributed by atoms with Crippen LogP contribution in [0.4, 0.5) is 0 Å². The van der Waals surface area contributed by atoms with Crippen LogP contribution < -0.4 is 4.74 Å². The van der Waals surface area contributed by atoms with Crippen molar-refractivity contribution in [2.45, 2.75) is 6.54 Å². The summed E-state index contributed by atoms with van der Waals surface area (Å²) in [5.74, 6) is 0.944. The Morgan fingerprint density at radius 3 is 2.77 bits per heavy atom. The standard InChI is InChI=1S/C15H11Br3N2O2/c1-22-9-4-2-3-8(5-9)7-20-13-11(12(16)15(20)18)10(21)6-19-14(13)17/h2-6,21H,7H2,1H3. The summed E-state index contributed by atoms with van der Waals surface area (Å²) in [4.78, 5) is 4.18. The number of fused-ring (bicyclic) bond motifs is 1. The highest BCUT2D eigenvalue weighted by molar-refractivity contribution is 9.13. The minimum Gasteiger partial charge on any atom is -0.506 e. The Kier molecular flexibility index (Phi) is 4.47. The summed E-state index contributed by atoms with van der Waals surface area (Å²) in [6, 6.07) is 7.87. The van der Waals surface area contributed by atoms with Crippen molar-refractivity contribution in [3.05, 3.63) is 49.7 Å². The zero-order chi connectivity index (χ0) is 15.9. The molecule has 1 N–H and O–H groups in total. The monoisotopic (exact) mass is 488 g/mol. The third-order valence-corrected chi connectivity index (χ3v) is 6.08.